The van der Waals surface area contributed by atoms with Gasteiger partial charge in [-0.2, -0.15) is 5.10 Å². The van der Waals surface area contributed by atoms with E-state index in [0.29, 0.717) is 10.7 Å². The highest BCUT2D eigenvalue weighted by atomic mass is 35.5. The van der Waals surface area contributed by atoms with Crippen molar-refractivity contribution in [1.29, 1.82) is 0 Å². The topological polar surface area (TPSA) is 90.9 Å². The molecule has 2 N–H and O–H groups in total. The predicted molar refractivity (Wildman–Crippen MR) is 106 cm³/mol. The average Bonchev–Trinajstić information content (AvgIpc) is 2.66. The number of amides is 3. The maximum Gasteiger partial charge on any atom is 0.274 e. The van der Waals surface area contributed by atoms with Crippen molar-refractivity contribution in [3.8, 4) is 0 Å². The third-order valence-electron chi connectivity index (χ3n) is 3.80. The van der Waals surface area contributed by atoms with E-state index >= 15 is 0 Å². The molecule has 3 rings (SSSR count). The molecule has 0 aliphatic carbocycles. The third-order valence-corrected chi connectivity index (χ3v) is 4.33. The van der Waals surface area contributed by atoms with Crippen molar-refractivity contribution in [2.45, 2.75) is 0 Å². The van der Waals surface area contributed by atoms with Gasteiger partial charge < -0.3 is 5.32 Å². The number of halogens is 2. The van der Waals surface area contributed by atoms with Crippen LogP contribution >= 0.6 is 23.8 Å². The molecule has 0 saturated carbocycles. The number of thiocarbonyl (C=S) groups is 1. The molecular weight excluding hydrogens is 407 g/mol. The summed E-state index contributed by atoms with van der Waals surface area (Å²) < 4.78 is 13.6. The van der Waals surface area contributed by atoms with Crippen LogP contribution in [0.2, 0.25) is 5.02 Å². The summed E-state index contributed by atoms with van der Waals surface area (Å²) in [5.74, 6) is -4.21. The zero-order chi connectivity index (χ0) is 20.3. The molecule has 0 aromatic heterocycles. The van der Waals surface area contributed by atoms with Gasteiger partial charge in [0.2, 0.25) is 5.91 Å². The molecular formula is C18H12ClFN4O3S. The molecule has 0 bridgehead atoms. The fraction of sp³-hybridized carbons (Fsp3) is 0.0556. The van der Waals surface area contributed by atoms with Crippen molar-refractivity contribution < 1.29 is 18.8 Å². The largest absolute Gasteiger partial charge is 0.301 e. The number of nitrogens with one attached hydrogen (secondary N) is 2. The van der Waals surface area contributed by atoms with Crippen molar-refractivity contribution in [1.82, 2.24) is 10.7 Å². The molecule has 142 valence electrons. The first-order chi connectivity index (χ1) is 13.4. The number of hydrazone groups is 1. The first kappa shape index (κ1) is 19.6. The van der Waals surface area contributed by atoms with Crippen molar-refractivity contribution >= 4 is 58.6 Å². The molecule has 10 heteroatoms. The van der Waals surface area contributed by atoms with Gasteiger partial charge in [0.15, 0.2) is 11.0 Å². The van der Waals surface area contributed by atoms with Crippen molar-refractivity contribution in [2.24, 2.45) is 11.0 Å². The lowest BCUT2D eigenvalue weighted by molar-refractivity contribution is -0.130. The number of carbonyl (C=O) groups excluding carboxylic acids is 3. The van der Waals surface area contributed by atoms with Gasteiger partial charge in [0.25, 0.3) is 11.8 Å². The number of hydrogen-bond donors (Lipinski definition) is 2. The summed E-state index contributed by atoms with van der Waals surface area (Å²) in [6, 6.07) is 11.6. The van der Waals surface area contributed by atoms with E-state index in [9.17, 15) is 18.8 Å². The number of benzene rings is 2. The molecule has 28 heavy (non-hydrogen) atoms. The molecule has 2 aromatic carbocycles. The standard InChI is InChI=1S/C18H12ClFN4O3S/c19-10-5-7-11(8-6-10)24-17(27)13(15(25)22-18(24)28)9-21-23-16(26)12-3-1-2-4-14(12)20/h1-9,13H,(H,23,26)(H,22,25,28)/b21-9-/t13-/m0/s1. The molecule has 2 aromatic rings. The van der Waals surface area contributed by atoms with E-state index < -0.39 is 29.5 Å². The van der Waals surface area contributed by atoms with Crippen LogP contribution in [0, 0.1) is 11.7 Å². The van der Waals surface area contributed by atoms with Crippen LogP contribution in [-0.2, 0) is 9.59 Å². The monoisotopic (exact) mass is 418 g/mol. The molecule has 1 heterocycles. The van der Waals surface area contributed by atoms with Crippen LogP contribution in [0.15, 0.2) is 53.6 Å². The van der Waals surface area contributed by atoms with Gasteiger partial charge in [0.1, 0.15) is 5.82 Å². The van der Waals surface area contributed by atoms with Crippen LogP contribution < -0.4 is 15.6 Å². The number of anilines is 1. The van der Waals surface area contributed by atoms with E-state index in [1.165, 1.54) is 18.2 Å². The minimum absolute atomic E-state index is 0.0858. The lowest BCUT2D eigenvalue weighted by Crippen LogP contribution is -2.58. The summed E-state index contributed by atoms with van der Waals surface area (Å²) >= 11 is 10.9. The van der Waals surface area contributed by atoms with Crippen molar-refractivity contribution in [3.63, 3.8) is 0 Å². The number of rotatable bonds is 4. The van der Waals surface area contributed by atoms with Crippen LogP contribution in [0.25, 0.3) is 0 Å². The highest BCUT2D eigenvalue weighted by Crippen LogP contribution is 2.22. The number of nitrogens with zero attached hydrogens (tertiary/aromatic N) is 2. The fourth-order valence-corrected chi connectivity index (χ4v) is 2.85. The molecule has 1 aliphatic heterocycles. The summed E-state index contributed by atoms with van der Waals surface area (Å²) in [6.07, 6.45) is 0.959. The van der Waals surface area contributed by atoms with Crippen LogP contribution in [-0.4, -0.2) is 29.0 Å². The molecule has 3 amide bonds. The molecule has 7 nitrogen and oxygen atoms in total. The summed E-state index contributed by atoms with van der Waals surface area (Å²) in [4.78, 5) is 37.9. The van der Waals surface area contributed by atoms with Gasteiger partial charge in [-0.15, -0.1) is 0 Å². The number of hydrogen-bond acceptors (Lipinski definition) is 5. The first-order valence-electron chi connectivity index (χ1n) is 7.91. The van der Waals surface area contributed by atoms with E-state index in [0.717, 1.165) is 17.2 Å². The Morgan fingerprint density at radius 3 is 2.57 bits per heavy atom. The van der Waals surface area contributed by atoms with Gasteiger partial charge in [0.05, 0.1) is 11.3 Å². The fourth-order valence-electron chi connectivity index (χ4n) is 2.43. The Morgan fingerprint density at radius 2 is 1.89 bits per heavy atom. The Balaban J connectivity index is 1.76. The lowest BCUT2D eigenvalue weighted by Gasteiger charge is -2.30. The molecule has 0 spiro atoms. The molecule has 1 fully saturated rings. The Morgan fingerprint density at radius 1 is 1.21 bits per heavy atom. The van der Waals surface area contributed by atoms with E-state index in [1.807, 2.05) is 0 Å². The van der Waals surface area contributed by atoms with Crippen LogP contribution in [0.3, 0.4) is 0 Å². The normalized spacial score (nSPS) is 17.0. The maximum absolute atomic E-state index is 13.6. The van der Waals surface area contributed by atoms with Crippen LogP contribution in [0.5, 0.6) is 0 Å². The molecule has 1 saturated heterocycles. The van der Waals surface area contributed by atoms with Gasteiger partial charge in [-0.1, -0.05) is 23.7 Å². The zero-order valence-electron chi connectivity index (χ0n) is 14.1. The van der Waals surface area contributed by atoms with E-state index in [-0.39, 0.29) is 10.7 Å². The van der Waals surface area contributed by atoms with Gasteiger partial charge in [0, 0.05) is 11.2 Å². The summed E-state index contributed by atoms with van der Waals surface area (Å²) in [7, 11) is 0. The van der Waals surface area contributed by atoms with Gasteiger partial charge in [-0.3, -0.25) is 19.3 Å². The third kappa shape index (κ3) is 4.05. The second-order valence-electron chi connectivity index (χ2n) is 5.62. The molecule has 0 radical (unpaired) electrons. The SMILES string of the molecule is O=C(N/N=C\[C@H]1C(=O)NC(=S)N(c2ccc(Cl)cc2)C1=O)c1ccccc1F. The van der Waals surface area contributed by atoms with Crippen molar-refractivity contribution in [3.05, 3.63) is 64.9 Å². The predicted octanol–water partition coefficient (Wildman–Crippen LogP) is 2.26. The second kappa shape index (κ2) is 8.24. The summed E-state index contributed by atoms with van der Waals surface area (Å²) in [5, 5.41) is 6.40. The zero-order valence-corrected chi connectivity index (χ0v) is 15.6. The van der Waals surface area contributed by atoms with Gasteiger partial charge in [-0.25, -0.2) is 9.82 Å². The van der Waals surface area contributed by atoms with Crippen LogP contribution in [0.1, 0.15) is 10.4 Å². The van der Waals surface area contributed by atoms with E-state index in [2.05, 4.69) is 15.8 Å². The highest BCUT2D eigenvalue weighted by Gasteiger charge is 2.38. The summed E-state index contributed by atoms with van der Waals surface area (Å²) in [6.45, 7) is 0. The van der Waals surface area contributed by atoms with Crippen LogP contribution in [0.4, 0.5) is 10.1 Å². The smallest absolute Gasteiger partial charge is 0.274 e. The second-order valence-corrected chi connectivity index (χ2v) is 6.44. The van der Waals surface area contributed by atoms with E-state index in [4.69, 9.17) is 23.8 Å². The van der Waals surface area contributed by atoms with Crippen molar-refractivity contribution in [2.75, 3.05) is 4.90 Å². The molecule has 1 aliphatic rings. The van der Waals surface area contributed by atoms with Gasteiger partial charge in [-0.05, 0) is 48.6 Å². The quantitative estimate of drug-likeness (QED) is 0.345. The maximum atomic E-state index is 13.6. The Kier molecular flexibility index (Phi) is 5.76. The Hall–Kier alpha value is -3.17. The number of carbonyl (C=O) groups is 3. The van der Waals surface area contributed by atoms with Gasteiger partial charge >= 0.3 is 0 Å². The lowest BCUT2D eigenvalue weighted by atomic mass is 10.1. The minimum Gasteiger partial charge on any atom is -0.301 e. The minimum atomic E-state index is -1.33. The average molecular weight is 419 g/mol. The molecule has 1 atom stereocenters. The summed E-state index contributed by atoms with van der Waals surface area (Å²) in [5.41, 5.74) is 2.28. The Labute approximate surface area is 169 Å². The first-order valence-corrected chi connectivity index (χ1v) is 8.69. The Bertz CT molecular complexity index is 997. The highest BCUT2D eigenvalue weighted by molar-refractivity contribution is 7.80. The van der Waals surface area contributed by atoms with E-state index in [1.54, 1.807) is 24.3 Å². The molecule has 0 unspecified atom stereocenters.